The van der Waals surface area contributed by atoms with E-state index in [1.807, 2.05) is 0 Å². The molecule has 3 heteroatoms. The summed E-state index contributed by atoms with van der Waals surface area (Å²) in [6.07, 6.45) is 2.22. The highest BCUT2D eigenvalue weighted by atomic mass is 32.1. The van der Waals surface area contributed by atoms with E-state index in [0.717, 1.165) is 10.7 Å². The van der Waals surface area contributed by atoms with Crippen LogP contribution in [0.2, 0.25) is 0 Å². The molecule has 0 aliphatic heterocycles. The van der Waals surface area contributed by atoms with Crippen molar-refractivity contribution in [3.05, 3.63) is 22.5 Å². The first-order chi connectivity index (χ1) is 6.39. The summed E-state index contributed by atoms with van der Waals surface area (Å²) in [5.41, 5.74) is 2.62. The van der Waals surface area contributed by atoms with Crippen LogP contribution in [0.5, 0.6) is 0 Å². The van der Waals surface area contributed by atoms with Gasteiger partial charge < -0.3 is 0 Å². The van der Waals surface area contributed by atoms with Crippen LogP contribution in [0.1, 0.15) is 37.0 Å². The molecule has 0 fully saturated rings. The first-order valence-corrected chi connectivity index (χ1v) is 5.67. The molecule has 0 amide bonds. The van der Waals surface area contributed by atoms with Crippen LogP contribution in [0.3, 0.4) is 0 Å². The molecular formula is C11H16N2S. The van der Waals surface area contributed by atoms with E-state index in [9.17, 15) is 0 Å². The Kier molecular flexibility index (Phi) is 1.96. The van der Waals surface area contributed by atoms with Gasteiger partial charge >= 0.3 is 0 Å². The second kappa shape index (κ2) is 2.83. The van der Waals surface area contributed by atoms with Crippen molar-refractivity contribution in [2.45, 2.75) is 40.0 Å². The Balaban J connectivity index is 2.65. The molecule has 76 valence electrons. The molecule has 0 aliphatic carbocycles. The topological polar surface area (TPSA) is 17.3 Å². The highest BCUT2D eigenvalue weighted by Crippen LogP contribution is 2.30. The summed E-state index contributed by atoms with van der Waals surface area (Å²) in [6.45, 7) is 10.9. The largest absolute Gasteiger partial charge is 0.294 e. The van der Waals surface area contributed by atoms with Crippen molar-refractivity contribution in [2.24, 2.45) is 0 Å². The van der Waals surface area contributed by atoms with E-state index >= 15 is 0 Å². The van der Waals surface area contributed by atoms with E-state index in [4.69, 9.17) is 0 Å². The van der Waals surface area contributed by atoms with Crippen LogP contribution in [-0.4, -0.2) is 9.38 Å². The third kappa shape index (κ3) is 1.36. The maximum absolute atomic E-state index is 4.53. The van der Waals surface area contributed by atoms with Gasteiger partial charge in [0.05, 0.1) is 5.69 Å². The zero-order valence-electron chi connectivity index (χ0n) is 9.38. The maximum atomic E-state index is 4.53. The minimum absolute atomic E-state index is 0.228. The van der Waals surface area contributed by atoms with Gasteiger partial charge in [0.1, 0.15) is 0 Å². The predicted molar refractivity (Wildman–Crippen MR) is 61.2 cm³/mol. The van der Waals surface area contributed by atoms with Gasteiger partial charge in [-0.2, -0.15) is 0 Å². The molecular weight excluding hydrogens is 192 g/mol. The van der Waals surface area contributed by atoms with Crippen molar-refractivity contribution < 1.29 is 0 Å². The lowest BCUT2D eigenvalue weighted by Gasteiger charge is -2.14. The molecule has 0 atom stereocenters. The lowest BCUT2D eigenvalue weighted by atomic mass is 9.95. The Morgan fingerprint density at radius 1 is 1.29 bits per heavy atom. The molecule has 0 N–H and O–H groups in total. The highest BCUT2D eigenvalue weighted by molar-refractivity contribution is 7.17. The van der Waals surface area contributed by atoms with Crippen molar-refractivity contribution in [3.8, 4) is 0 Å². The summed E-state index contributed by atoms with van der Waals surface area (Å²) in [7, 11) is 0. The van der Waals surface area contributed by atoms with E-state index in [0.29, 0.717) is 0 Å². The van der Waals surface area contributed by atoms with Crippen molar-refractivity contribution in [1.82, 2.24) is 9.38 Å². The number of fused-ring (bicyclic) bond motifs is 1. The molecule has 2 aromatic heterocycles. The van der Waals surface area contributed by atoms with Crippen molar-refractivity contribution in [1.29, 1.82) is 0 Å². The van der Waals surface area contributed by atoms with Crippen LogP contribution in [0.25, 0.3) is 4.96 Å². The molecule has 0 spiro atoms. The quantitative estimate of drug-likeness (QED) is 0.649. The monoisotopic (exact) mass is 208 g/mol. The summed E-state index contributed by atoms with van der Waals surface area (Å²) in [5, 5.41) is 0. The van der Waals surface area contributed by atoms with E-state index < -0.39 is 0 Å². The summed E-state index contributed by atoms with van der Waals surface area (Å²) < 4.78 is 2.20. The average molecular weight is 208 g/mol. The Morgan fingerprint density at radius 3 is 2.43 bits per heavy atom. The molecule has 0 unspecified atom stereocenters. The molecule has 0 saturated carbocycles. The van der Waals surface area contributed by atoms with Gasteiger partial charge in [0, 0.05) is 16.8 Å². The number of hydrogen-bond acceptors (Lipinski definition) is 2. The highest BCUT2D eigenvalue weighted by Gasteiger charge is 2.18. The third-order valence-corrected chi connectivity index (χ3v) is 3.95. The number of aryl methyl sites for hydroxylation is 2. The van der Waals surface area contributed by atoms with Crippen LogP contribution >= 0.6 is 11.3 Å². The van der Waals surface area contributed by atoms with Gasteiger partial charge in [-0.25, -0.2) is 4.98 Å². The smallest absolute Gasteiger partial charge is 0.194 e. The van der Waals surface area contributed by atoms with Gasteiger partial charge in [-0.3, -0.25) is 4.40 Å². The van der Waals surface area contributed by atoms with Gasteiger partial charge in [0.25, 0.3) is 0 Å². The van der Waals surface area contributed by atoms with Crippen molar-refractivity contribution in [2.75, 3.05) is 0 Å². The van der Waals surface area contributed by atoms with Crippen LogP contribution in [0.15, 0.2) is 6.20 Å². The molecule has 0 aromatic carbocycles. The molecule has 2 rings (SSSR count). The van der Waals surface area contributed by atoms with Gasteiger partial charge in [0.15, 0.2) is 4.96 Å². The molecule has 2 heterocycles. The molecule has 14 heavy (non-hydrogen) atoms. The Hall–Kier alpha value is -0.830. The molecule has 0 bridgehead atoms. The van der Waals surface area contributed by atoms with Crippen molar-refractivity contribution >= 4 is 16.3 Å². The molecule has 0 radical (unpaired) electrons. The Labute approximate surface area is 88.6 Å². The Morgan fingerprint density at radius 2 is 1.93 bits per heavy atom. The van der Waals surface area contributed by atoms with Crippen LogP contribution in [-0.2, 0) is 5.41 Å². The molecule has 0 saturated heterocycles. The summed E-state index contributed by atoms with van der Waals surface area (Å²) >= 11 is 1.79. The summed E-state index contributed by atoms with van der Waals surface area (Å²) in [5.74, 6) is 0. The van der Waals surface area contributed by atoms with Gasteiger partial charge in [-0.1, -0.05) is 20.8 Å². The fourth-order valence-electron chi connectivity index (χ4n) is 1.41. The van der Waals surface area contributed by atoms with Gasteiger partial charge in [-0.05, 0) is 19.3 Å². The first kappa shape index (κ1) is 9.71. The predicted octanol–water partition coefficient (Wildman–Crippen LogP) is 3.31. The summed E-state index contributed by atoms with van der Waals surface area (Å²) in [6, 6.07) is 0. The minimum Gasteiger partial charge on any atom is -0.294 e. The Bertz CT molecular complexity index is 471. The fourth-order valence-corrected chi connectivity index (χ4v) is 2.54. The van der Waals surface area contributed by atoms with Crippen LogP contribution < -0.4 is 0 Å². The molecule has 2 nitrogen and oxygen atoms in total. The van der Waals surface area contributed by atoms with Crippen LogP contribution in [0.4, 0.5) is 0 Å². The lowest BCUT2D eigenvalue weighted by molar-refractivity contribution is 0.601. The molecule has 0 aliphatic rings. The van der Waals surface area contributed by atoms with E-state index in [2.05, 4.69) is 50.2 Å². The zero-order chi connectivity index (χ0) is 10.5. The normalized spacial score (nSPS) is 12.6. The number of rotatable bonds is 0. The van der Waals surface area contributed by atoms with E-state index in [-0.39, 0.29) is 5.41 Å². The van der Waals surface area contributed by atoms with E-state index in [1.54, 1.807) is 11.3 Å². The number of nitrogens with zero attached hydrogens (tertiary/aromatic N) is 2. The standard InChI is InChI=1S/C11H16N2S/c1-7-8(2)13-6-9(11(3,4)5)14-10(13)12-7/h6H,1-5H3. The minimum atomic E-state index is 0.228. The van der Waals surface area contributed by atoms with Crippen molar-refractivity contribution in [3.63, 3.8) is 0 Å². The number of imidazole rings is 1. The third-order valence-electron chi connectivity index (χ3n) is 2.54. The van der Waals surface area contributed by atoms with Gasteiger partial charge in [-0.15, -0.1) is 11.3 Å². The first-order valence-electron chi connectivity index (χ1n) is 4.85. The SMILES string of the molecule is Cc1nc2sc(C(C)(C)C)cn2c1C. The number of hydrogen-bond donors (Lipinski definition) is 0. The zero-order valence-corrected chi connectivity index (χ0v) is 10.2. The lowest BCUT2D eigenvalue weighted by Crippen LogP contribution is -2.08. The average Bonchev–Trinajstić information content (AvgIpc) is 2.54. The number of aromatic nitrogens is 2. The van der Waals surface area contributed by atoms with Crippen LogP contribution in [0, 0.1) is 13.8 Å². The summed E-state index contributed by atoms with van der Waals surface area (Å²) in [4.78, 5) is 7.04. The second-order valence-corrected chi connectivity index (χ2v) is 5.79. The molecule has 2 aromatic rings. The fraction of sp³-hybridized carbons (Fsp3) is 0.545. The second-order valence-electron chi connectivity index (χ2n) is 4.78. The van der Waals surface area contributed by atoms with E-state index in [1.165, 1.54) is 10.6 Å². The number of thiazole rings is 1. The van der Waals surface area contributed by atoms with Gasteiger partial charge in [0.2, 0.25) is 0 Å². The maximum Gasteiger partial charge on any atom is 0.194 e.